The fraction of sp³-hybridized carbons (Fsp3) is 0.118. The lowest BCUT2D eigenvalue weighted by molar-refractivity contribution is -0.116. The Balaban J connectivity index is 2.00. The van der Waals surface area contributed by atoms with Crippen LogP contribution in [0.25, 0.3) is 6.08 Å². The molecule has 0 bridgehead atoms. The van der Waals surface area contributed by atoms with Crippen LogP contribution in [0.2, 0.25) is 0 Å². The monoisotopic (exact) mass is 363 g/mol. The van der Waals surface area contributed by atoms with Crippen LogP contribution in [-0.4, -0.2) is 13.0 Å². The van der Waals surface area contributed by atoms with Gasteiger partial charge in [-0.2, -0.15) is 0 Å². The van der Waals surface area contributed by atoms with Gasteiger partial charge < -0.3 is 10.1 Å². The minimum Gasteiger partial charge on any atom is -0.496 e. The van der Waals surface area contributed by atoms with E-state index in [1.54, 1.807) is 37.5 Å². The van der Waals surface area contributed by atoms with Crippen molar-refractivity contribution >= 4 is 27.9 Å². The number of hydrogen-bond acceptors (Lipinski definition) is 2. The van der Waals surface area contributed by atoms with Gasteiger partial charge in [-0.25, -0.2) is 4.39 Å². The molecule has 0 aromatic heterocycles. The van der Waals surface area contributed by atoms with Gasteiger partial charge in [0.2, 0.25) is 5.91 Å². The molecule has 3 nitrogen and oxygen atoms in total. The maximum atomic E-state index is 13.4. The molecule has 0 aliphatic rings. The highest BCUT2D eigenvalue weighted by Gasteiger charge is 2.03. The highest BCUT2D eigenvalue weighted by Crippen LogP contribution is 2.24. The van der Waals surface area contributed by atoms with Gasteiger partial charge in [-0.1, -0.05) is 34.1 Å². The summed E-state index contributed by atoms with van der Waals surface area (Å²) in [5, 5.41) is 2.64. The summed E-state index contributed by atoms with van der Waals surface area (Å²) in [4.78, 5) is 11.8. The van der Waals surface area contributed by atoms with Gasteiger partial charge in [-0.05, 0) is 30.3 Å². The number of carbonyl (C=O) groups is 1. The fourth-order valence-corrected chi connectivity index (χ4v) is 2.26. The Bertz CT molecular complexity index is 701. The smallest absolute Gasteiger partial charge is 0.244 e. The molecule has 1 amide bonds. The second-order valence-corrected chi connectivity index (χ2v) is 5.44. The summed E-state index contributed by atoms with van der Waals surface area (Å²) < 4.78 is 19.6. The number of carbonyl (C=O) groups excluding carboxylic acids is 1. The van der Waals surface area contributed by atoms with E-state index in [0.717, 1.165) is 10.0 Å². The number of hydrogen-bond donors (Lipinski definition) is 1. The van der Waals surface area contributed by atoms with Gasteiger partial charge in [-0.15, -0.1) is 0 Å². The lowest BCUT2D eigenvalue weighted by Crippen LogP contribution is -2.20. The van der Waals surface area contributed by atoms with Gasteiger partial charge in [0.05, 0.1) is 7.11 Å². The standard InChI is InChI=1S/C17H15BrFNO2/c1-22-16-8-7-14(18)10-12(16)6-9-17(21)20-11-13-4-2-3-5-15(13)19/h2-10H,11H2,1H3,(H,20,21)/b9-6+. The number of amides is 1. The molecular weight excluding hydrogens is 349 g/mol. The van der Waals surface area contributed by atoms with Crippen molar-refractivity contribution in [1.82, 2.24) is 5.32 Å². The lowest BCUT2D eigenvalue weighted by atomic mass is 10.2. The van der Waals surface area contributed by atoms with E-state index in [9.17, 15) is 9.18 Å². The predicted molar refractivity (Wildman–Crippen MR) is 88.0 cm³/mol. The Morgan fingerprint density at radius 1 is 1.32 bits per heavy atom. The fourth-order valence-electron chi connectivity index (χ4n) is 1.88. The zero-order valence-corrected chi connectivity index (χ0v) is 13.6. The van der Waals surface area contributed by atoms with Crippen LogP contribution in [0.1, 0.15) is 11.1 Å². The molecule has 2 aromatic carbocycles. The average molecular weight is 364 g/mol. The highest BCUT2D eigenvalue weighted by atomic mass is 79.9. The van der Waals surface area contributed by atoms with E-state index in [0.29, 0.717) is 11.3 Å². The molecule has 0 radical (unpaired) electrons. The van der Waals surface area contributed by atoms with Crippen molar-refractivity contribution in [2.24, 2.45) is 0 Å². The zero-order valence-electron chi connectivity index (χ0n) is 12.0. The lowest BCUT2D eigenvalue weighted by Gasteiger charge is -2.06. The molecule has 114 valence electrons. The molecule has 0 aliphatic heterocycles. The van der Waals surface area contributed by atoms with Gasteiger partial charge in [0.15, 0.2) is 0 Å². The van der Waals surface area contributed by atoms with Crippen LogP contribution in [0, 0.1) is 5.82 Å². The largest absolute Gasteiger partial charge is 0.496 e. The Morgan fingerprint density at radius 2 is 2.09 bits per heavy atom. The van der Waals surface area contributed by atoms with Crippen molar-refractivity contribution < 1.29 is 13.9 Å². The van der Waals surface area contributed by atoms with Crippen molar-refractivity contribution in [2.45, 2.75) is 6.54 Å². The molecular formula is C17H15BrFNO2. The summed E-state index contributed by atoms with van der Waals surface area (Å²) in [5.41, 5.74) is 1.22. The Kier molecular flexibility index (Phi) is 5.72. The topological polar surface area (TPSA) is 38.3 Å². The molecule has 0 aliphatic carbocycles. The first-order valence-corrected chi connectivity index (χ1v) is 7.42. The molecule has 22 heavy (non-hydrogen) atoms. The normalized spacial score (nSPS) is 10.7. The van der Waals surface area contributed by atoms with Crippen LogP contribution in [0.15, 0.2) is 53.0 Å². The van der Waals surface area contributed by atoms with Crippen molar-refractivity contribution in [3.05, 3.63) is 70.0 Å². The van der Waals surface area contributed by atoms with Crippen molar-refractivity contribution in [3.8, 4) is 5.75 Å². The second-order valence-electron chi connectivity index (χ2n) is 4.53. The van der Waals surface area contributed by atoms with Gasteiger partial charge in [-0.3, -0.25) is 4.79 Å². The first-order valence-electron chi connectivity index (χ1n) is 6.63. The van der Waals surface area contributed by atoms with Crippen LogP contribution >= 0.6 is 15.9 Å². The van der Waals surface area contributed by atoms with Crippen LogP contribution in [-0.2, 0) is 11.3 Å². The number of methoxy groups -OCH3 is 1. The van der Waals surface area contributed by atoms with Crippen LogP contribution in [0.3, 0.4) is 0 Å². The number of rotatable bonds is 5. The summed E-state index contributed by atoms with van der Waals surface area (Å²) in [6.45, 7) is 0.144. The van der Waals surface area contributed by atoms with Crippen molar-refractivity contribution in [1.29, 1.82) is 0 Å². The third-order valence-electron chi connectivity index (χ3n) is 3.02. The summed E-state index contributed by atoms with van der Waals surface area (Å²) >= 11 is 3.37. The minimum atomic E-state index is -0.333. The first kappa shape index (κ1) is 16.2. The van der Waals surface area contributed by atoms with Gasteiger partial charge in [0.25, 0.3) is 0 Å². The molecule has 0 saturated carbocycles. The van der Waals surface area contributed by atoms with Crippen molar-refractivity contribution in [2.75, 3.05) is 7.11 Å². The van der Waals surface area contributed by atoms with E-state index >= 15 is 0 Å². The summed E-state index contributed by atoms with van der Waals surface area (Å²) in [5.74, 6) is 0.0343. The second kappa shape index (κ2) is 7.75. The van der Waals surface area contributed by atoms with Crippen molar-refractivity contribution in [3.63, 3.8) is 0 Å². The van der Waals surface area contributed by atoms with E-state index in [-0.39, 0.29) is 18.3 Å². The minimum absolute atomic E-state index is 0.144. The maximum Gasteiger partial charge on any atom is 0.244 e. The van der Waals surface area contributed by atoms with E-state index in [2.05, 4.69) is 21.2 Å². The van der Waals surface area contributed by atoms with E-state index < -0.39 is 0 Å². The molecule has 0 atom stereocenters. The Morgan fingerprint density at radius 3 is 2.82 bits per heavy atom. The summed E-state index contributed by atoms with van der Waals surface area (Å²) in [6, 6.07) is 11.8. The van der Waals surface area contributed by atoms with E-state index in [1.165, 1.54) is 12.1 Å². The maximum absolute atomic E-state index is 13.4. The molecule has 0 heterocycles. The van der Waals surface area contributed by atoms with E-state index in [4.69, 9.17) is 4.74 Å². The van der Waals surface area contributed by atoms with E-state index in [1.807, 2.05) is 12.1 Å². The Hall–Kier alpha value is -2.14. The van der Waals surface area contributed by atoms with Gasteiger partial charge in [0.1, 0.15) is 11.6 Å². The molecule has 0 fully saturated rings. The number of ether oxygens (including phenoxy) is 1. The molecule has 5 heteroatoms. The highest BCUT2D eigenvalue weighted by molar-refractivity contribution is 9.10. The quantitative estimate of drug-likeness (QED) is 0.817. The molecule has 0 unspecified atom stereocenters. The molecule has 2 rings (SSSR count). The molecule has 0 saturated heterocycles. The van der Waals surface area contributed by atoms with Crippen LogP contribution in [0.5, 0.6) is 5.75 Å². The third-order valence-corrected chi connectivity index (χ3v) is 3.51. The average Bonchev–Trinajstić information content (AvgIpc) is 2.52. The SMILES string of the molecule is COc1ccc(Br)cc1/C=C/C(=O)NCc1ccccc1F. The van der Waals surface area contributed by atoms with Crippen LogP contribution < -0.4 is 10.1 Å². The molecule has 1 N–H and O–H groups in total. The predicted octanol–water partition coefficient (Wildman–Crippen LogP) is 3.93. The van der Waals surface area contributed by atoms with Gasteiger partial charge in [0, 0.05) is 28.2 Å². The number of benzene rings is 2. The summed E-state index contributed by atoms with van der Waals surface area (Å²) in [6.07, 6.45) is 3.05. The number of halogens is 2. The van der Waals surface area contributed by atoms with Gasteiger partial charge >= 0.3 is 0 Å². The zero-order chi connectivity index (χ0) is 15.9. The third kappa shape index (κ3) is 4.43. The first-order chi connectivity index (χ1) is 10.6. The number of nitrogens with one attached hydrogen (secondary N) is 1. The summed E-state index contributed by atoms with van der Waals surface area (Å²) in [7, 11) is 1.57. The molecule has 0 spiro atoms. The molecule has 2 aromatic rings. The Labute approximate surface area is 136 Å². The van der Waals surface area contributed by atoms with Crippen LogP contribution in [0.4, 0.5) is 4.39 Å².